The maximum atomic E-state index is 13.9. The van der Waals surface area contributed by atoms with E-state index >= 15 is 0 Å². The Morgan fingerprint density at radius 2 is 1.94 bits per heavy atom. The van der Waals surface area contributed by atoms with Crippen LogP contribution >= 0.6 is 0 Å². The van der Waals surface area contributed by atoms with Crippen LogP contribution in [0.1, 0.15) is 71.7 Å². The molecule has 35 heavy (non-hydrogen) atoms. The summed E-state index contributed by atoms with van der Waals surface area (Å²) in [7, 11) is 1.30. The number of hydrogen-bond donors (Lipinski definition) is 2. The van der Waals surface area contributed by atoms with Gasteiger partial charge in [-0.2, -0.15) is 0 Å². The zero-order valence-corrected chi connectivity index (χ0v) is 20.9. The first-order chi connectivity index (χ1) is 16.3. The number of hydrogen-bond acceptors (Lipinski definition) is 8. The van der Waals surface area contributed by atoms with Gasteiger partial charge < -0.3 is 24.1 Å². The summed E-state index contributed by atoms with van der Waals surface area (Å²) in [5, 5.41) is 23.2. The molecule has 8 nitrogen and oxygen atoms in total. The molecule has 2 N–H and O–H groups in total. The summed E-state index contributed by atoms with van der Waals surface area (Å²) in [6, 6.07) is 3.54. The molecule has 3 aliphatic carbocycles. The van der Waals surface area contributed by atoms with Gasteiger partial charge in [-0.3, -0.25) is 14.4 Å². The number of Topliss-reactive ketones (excluding diaryl/α,β-unsaturated/α-hetero) is 1. The molecular weight excluding hydrogens is 452 g/mol. The van der Waals surface area contributed by atoms with Crippen LogP contribution in [0.2, 0.25) is 0 Å². The van der Waals surface area contributed by atoms with Crippen molar-refractivity contribution in [3.63, 3.8) is 0 Å². The number of carbonyl (C=O) groups excluding carboxylic acids is 3. The normalized spacial score (nSPS) is 42.1. The summed E-state index contributed by atoms with van der Waals surface area (Å²) < 4.78 is 16.4. The van der Waals surface area contributed by atoms with Crippen LogP contribution in [0.3, 0.4) is 0 Å². The van der Waals surface area contributed by atoms with Gasteiger partial charge in [0.15, 0.2) is 17.5 Å². The fraction of sp³-hybridized carbons (Fsp3) is 0.667. The number of esters is 2. The van der Waals surface area contributed by atoms with E-state index < -0.39 is 57.7 Å². The number of carbonyl (C=O) groups is 3. The first-order valence-corrected chi connectivity index (χ1v) is 12.3. The number of cyclic esters (lactones) is 1. The Morgan fingerprint density at radius 1 is 1.23 bits per heavy atom. The Kier molecular flexibility index (Phi) is 5.22. The number of ether oxygens (including phenoxy) is 2. The van der Waals surface area contributed by atoms with Crippen LogP contribution in [-0.4, -0.2) is 46.7 Å². The van der Waals surface area contributed by atoms with Crippen LogP contribution in [-0.2, 0) is 23.9 Å². The Morgan fingerprint density at radius 3 is 2.57 bits per heavy atom. The molecule has 8 heteroatoms. The molecule has 1 aromatic heterocycles. The Labute approximate surface area is 204 Å². The van der Waals surface area contributed by atoms with Crippen molar-refractivity contribution in [3.8, 4) is 0 Å². The topological polar surface area (TPSA) is 123 Å². The fourth-order valence-electron chi connectivity index (χ4n) is 8.02. The summed E-state index contributed by atoms with van der Waals surface area (Å²) in [5.41, 5.74) is -2.94. The molecule has 1 saturated heterocycles. The zero-order valence-electron chi connectivity index (χ0n) is 20.9. The van der Waals surface area contributed by atoms with Crippen LogP contribution in [0, 0.1) is 28.1 Å². The Balaban J connectivity index is 1.71. The Bertz CT molecular complexity index is 1120. The minimum atomic E-state index is -2.01. The van der Waals surface area contributed by atoms with Crippen molar-refractivity contribution in [2.24, 2.45) is 28.1 Å². The number of furan rings is 1. The van der Waals surface area contributed by atoms with Crippen molar-refractivity contribution in [3.05, 3.63) is 35.3 Å². The lowest BCUT2D eigenvalue weighted by Gasteiger charge is -2.65. The SMILES string of the molecule is COC(=O)C[C@H]1C(C)(C)[C@H](O)[C@]2(O)CC3=C4CC(=O)O[C@@H](c5ccco5)[C@]4(C)CC[C@@H]3[C@@]1(C)C2=O. The highest BCUT2D eigenvalue weighted by molar-refractivity contribution is 5.97. The highest BCUT2D eigenvalue weighted by atomic mass is 16.6. The molecule has 5 rings (SSSR count). The monoisotopic (exact) mass is 486 g/mol. The van der Waals surface area contributed by atoms with Crippen molar-refractivity contribution < 1.29 is 38.5 Å². The molecule has 7 atom stereocenters. The van der Waals surface area contributed by atoms with Gasteiger partial charge in [0.2, 0.25) is 0 Å². The molecule has 4 aliphatic rings. The van der Waals surface area contributed by atoms with Gasteiger partial charge in [0.25, 0.3) is 0 Å². The smallest absolute Gasteiger partial charge is 0.310 e. The van der Waals surface area contributed by atoms with Crippen LogP contribution < -0.4 is 0 Å². The highest BCUT2D eigenvalue weighted by Gasteiger charge is 2.72. The van der Waals surface area contributed by atoms with E-state index in [-0.39, 0.29) is 25.2 Å². The predicted octanol–water partition coefficient (Wildman–Crippen LogP) is 3.27. The average molecular weight is 487 g/mol. The molecule has 2 saturated carbocycles. The van der Waals surface area contributed by atoms with Gasteiger partial charge in [-0.25, -0.2) is 0 Å². The van der Waals surface area contributed by atoms with Crippen molar-refractivity contribution >= 4 is 17.7 Å². The highest BCUT2D eigenvalue weighted by Crippen LogP contribution is 2.68. The zero-order chi connectivity index (χ0) is 25.6. The molecule has 2 bridgehead atoms. The number of aliphatic hydroxyl groups is 2. The van der Waals surface area contributed by atoms with Gasteiger partial charge in [-0.1, -0.05) is 33.3 Å². The van der Waals surface area contributed by atoms with E-state index in [1.54, 1.807) is 32.2 Å². The second-order valence-corrected chi connectivity index (χ2v) is 11.8. The second-order valence-electron chi connectivity index (χ2n) is 11.8. The third-order valence-corrected chi connectivity index (χ3v) is 9.84. The first kappa shape index (κ1) is 24.3. The summed E-state index contributed by atoms with van der Waals surface area (Å²) in [6.07, 6.45) is 0.774. The van der Waals surface area contributed by atoms with Gasteiger partial charge in [-0.15, -0.1) is 0 Å². The standard InChI is InChI=1S/C27H34O8/c1-24(2)18(12-19(28)33-5)26(4)15-8-9-25(3)16(14(15)13-27(32,22(24)30)23(26)31)11-20(29)35-21(25)17-7-6-10-34-17/h6-7,10,15,18,21-22,30,32H,8-9,11-13H2,1-5H3/t15-,18-,21-,22-,25+,26+,27+/m0/s1. The number of aliphatic hydroxyl groups excluding tert-OH is 1. The quantitative estimate of drug-likeness (QED) is 0.493. The molecule has 1 aliphatic heterocycles. The lowest BCUT2D eigenvalue weighted by Crippen LogP contribution is -2.74. The molecule has 0 radical (unpaired) electrons. The molecule has 0 spiro atoms. The molecule has 3 fully saturated rings. The van der Waals surface area contributed by atoms with Crippen LogP contribution in [0.5, 0.6) is 0 Å². The molecular formula is C27H34O8. The molecule has 2 heterocycles. The number of rotatable bonds is 3. The number of methoxy groups -OCH3 is 1. The van der Waals surface area contributed by atoms with Gasteiger partial charge in [0.1, 0.15) is 5.76 Å². The van der Waals surface area contributed by atoms with E-state index in [0.29, 0.717) is 18.6 Å². The second kappa shape index (κ2) is 7.53. The van der Waals surface area contributed by atoms with Crippen LogP contribution in [0.4, 0.5) is 0 Å². The van der Waals surface area contributed by atoms with Crippen molar-refractivity contribution in [1.82, 2.24) is 0 Å². The molecule has 190 valence electrons. The number of fused-ring (bicyclic) bond motifs is 5. The van der Waals surface area contributed by atoms with Gasteiger partial charge in [-0.05, 0) is 47.8 Å². The summed E-state index contributed by atoms with van der Waals surface area (Å²) >= 11 is 0. The fourth-order valence-corrected chi connectivity index (χ4v) is 8.02. The summed E-state index contributed by atoms with van der Waals surface area (Å²) in [4.78, 5) is 39.2. The maximum Gasteiger partial charge on any atom is 0.310 e. The van der Waals surface area contributed by atoms with Gasteiger partial charge in [0, 0.05) is 23.7 Å². The average Bonchev–Trinajstić information content (AvgIpc) is 3.34. The number of ketones is 1. The summed E-state index contributed by atoms with van der Waals surface area (Å²) in [5.74, 6) is -1.56. The van der Waals surface area contributed by atoms with E-state index in [4.69, 9.17) is 13.9 Å². The lowest BCUT2D eigenvalue weighted by atomic mass is 9.39. The Hall–Kier alpha value is -2.45. The van der Waals surface area contributed by atoms with E-state index in [9.17, 15) is 24.6 Å². The molecule has 0 aromatic carbocycles. The van der Waals surface area contributed by atoms with Crippen molar-refractivity contribution in [1.29, 1.82) is 0 Å². The molecule has 1 aromatic rings. The molecule has 0 amide bonds. The minimum Gasteiger partial charge on any atom is -0.469 e. The van der Waals surface area contributed by atoms with E-state index in [2.05, 4.69) is 0 Å². The first-order valence-electron chi connectivity index (χ1n) is 12.3. The van der Waals surface area contributed by atoms with E-state index in [1.165, 1.54) is 7.11 Å². The third kappa shape index (κ3) is 3.02. The summed E-state index contributed by atoms with van der Waals surface area (Å²) in [6.45, 7) is 7.46. The van der Waals surface area contributed by atoms with Crippen LogP contribution in [0.15, 0.2) is 34.0 Å². The van der Waals surface area contributed by atoms with Gasteiger partial charge in [0.05, 0.1) is 25.9 Å². The maximum absolute atomic E-state index is 13.9. The molecule has 0 unspecified atom stereocenters. The van der Waals surface area contributed by atoms with Gasteiger partial charge >= 0.3 is 11.9 Å². The van der Waals surface area contributed by atoms with Crippen molar-refractivity contribution in [2.75, 3.05) is 7.11 Å². The van der Waals surface area contributed by atoms with E-state index in [1.807, 2.05) is 13.8 Å². The lowest BCUT2D eigenvalue weighted by molar-refractivity contribution is -0.226. The largest absolute Gasteiger partial charge is 0.469 e. The minimum absolute atomic E-state index is 0.0370. The van der Waals surface area contributed by atoms with Crippen LogP contribution in [0.25, 0.3) is 0 Å². The third-order valence-electron chi connectivity index (χ3n) is 9.84. The van der Waals surface area contributed by atoms with E-state index in [0.717, 1.165) is 11.1 Å². The van der Waals surface area contributed by atoms with Crippen molar-refractivity contribution in [2.45, 2.75) is 77.6 Å². The predicted molar refractivity (Wildman–Crippen MR) is 123 cm³/mol.